The fourth-order valence-electron chi connectivity index (χ4n) is 3.24. The van der Waals surface area contributed by atoms with Crippen molar-refractivity contribution in [2.75, 3.05) is 0 Å². The lowest BCUT2D eigenvalue weighted by Gasteiger charge is -2.34. The maximum absolute atomic E-state index is 13.0. The van der Waals surface area contributed by atoms with Crippen LogP contribution in [0.4, 0.5) is 0 Å². The zero-order valence-electron chi connectivity index (χ0n) is 14.3. The molecule has 29 heavy (non-hydrogen) atoms. The van der Waals surface area contributed by atoms with Gasteiger partial charge in [-0.25, -0.2) is 0 Å². The number of rotatable bonds is 4. The maximum Gasteiger partial charge on any atom is 0.283 e. The van der Waals surface area contributed by atoms with E-state index in [1.807, 2.05) is 0 Å². The zero-order valence-corrected chi connectivity index (χ0v) is 18.1. The molecule has 0 radical (unpaired) electrons. The molecule has 0 aromatic heterocycles. The van der Waals surface area contributed by atoms with Crippen LogP contribution in [0.2, 0.25) is 20.1 Å². The Morgan fingerprint density at radius 2 is 1.45 bits per heavy atom. The number of phenolic OH excluding ortho intramolecular Hbond substituents is 2. The molecule has 3 aromatic rings. The summed E-state index contributed by atoms with van der Waals surface area (Å²) in [5.41, 5.74) is -0.719. The Labute approximate surface area is 186 Å². The van der Waals surface area contributed by atoms with E-state index in [-0.39, 0.29) is 37.0 Å². The van der Waals surface area contributed by atoms with Crippen molar-refractivity contribution in [2.24, 2.45) is 0 Å². The molecule has 0 saturated carbocycles. The Morgan fingerprint density at radius 1 is 0.793 bits per heavy atom. The fourth-order valence-corrected chi connectivity index (χ4v) is 5.72. The average Bonchev–Trinajstić information content (AvgIpc) is 2.63. The van der Waals surface area contributed by atoms with Crippen LogP contribution in [0.25, 0.3) is 0 Å². The quantitative estimate of drug-likeness (QED) is 0.239. The number of phenols is 2. The van der Waals surface area contributed by atoms with Gasteiger partial charge in [-0.1, -0.05) is 76.7 Å². The second-order valence-electron chi connectivity index (χ2n) is 6.06. The molecule has 0 aliphatic rings. The van der Waals surface area contributed by atoms with Crippen molar-refractivity contribution in [2.45, 2.75) is 4.75 Å². The molecule has 1 unspecified atom stereocenters. The SMILES string of the molecule is O=S(=O)(O)C(c1cccc(O)c1)(c1ccccc1Cl)c1c(Cl)cc(Cl)c(Cl)c1O. The molecule has 0 heterocycles. The van der Waals surface area contributed by atoms with Crippen LogP contribution >= 0.6 is 46.4 Å². The van der Waals surface area contributed by atoms with Gasteiger partial charge in [-0.15, -0.1) is 0 Å². The van der Waals surface area contributed by atoms with E-state index in [0.717, 1.165) is 12.1 Å². The van der Waals surface area contributed by atoms with Crippen LogP contribution < -0.4 is 0 Å². The summed E-state index contributed by atoms with van der Waals surface area (Å²) in [6, 6.07) is 12.0. The Balaban J connectivity index is 2.67. The number of benzene rings is 3. The van der Waals surface area contributed by atoms with Crippen molar-refractivity contribution in [1.82, 2.24) is 0 Å². The van der Waals surface area contributed by atoms with Gasteiger partial charge in [0.15, 0.2) is 4.75 Å². The van der Waals surface area contributed by atoms with Gasteiger partial charge in [0.2, 0.25) is 0 Å². The third-order valence-electron chi connectivity index (χ3n) is 4.39. The van der Waals surface area contributed by atoms with E-state index in [1.54, 1.807) is 6.07 Å². The highest BCUT2D eigenvalue weighted by molar-refractivity contribution is 7.87. The first-order valence-electron chi connectivity index (χ1n) is 7.90. The normalized spacial score (nSPS) is 13.8. The lowest BCUT2D eigenvalue weighted by Crippen LogP contribution is -2.39. The van der Waals surface area contributed by atoms with Gasteiger partial charge in [-0.3, -0.25) is 4.55 Å². The summed E-state index contributed by atoms with van der Waals surface area (Å²) in [5.74, 6) is -1.05. The summed E-state index contributed by atoms with van der Waals surface area (Å²) in [5, 5.41) is 19.9. The summed E-state index contributed by atoms with van der Waals surface area (Å²) in [6.45, 7) is 0. The molecule has 0 spiro atoms. The molecule has 3 rings (SSSR count). The molecule has 0 bridgehead atoms. The number of hydrogen-bond acceptors (Lipinski definition) is 4. The highest BCUT2D eigenvalue weighted by Gasteiger charge is 2.53. The van der Waals surface area contributed by atoms with Gasteiger partial charge in [-0.05, 0) is 29.8 Å². The molecule has 0 amide bonds. The standard InChI is InChI=1S/C19H12Cl4O5S/c20-13-7-2-1-6-12(13)19(29(26,27)28,10-4-3-5-11(24)8-10)16-14(21)9-15(22)17(23)18(16)25/h1-9,24-25H,(H,26,27,28). The van der Waals surface area contributed by atoms with Gasteiger partial charge in [0.1, 0.15) is 16.5 Å². The van der Waals surface area contributed by atoms with E-state index >= 15 is 0 Å². The number of hydrogen-bond donors (Lipinski definition) is 3. The Morgan fingerprint density at radius 3 is 2.03 bits per heavy atom. The minimum atomic E-state index is -5.14. The van der Waals surface area contributed by atoms with Crippen molar-refractivity contribution in [3.05, 3.63) is 91.4 Å². The van der Waals surface area contributed by atoms with Gasteiger partial charge in [0, 0.05) is 16.1 Å². The first-order valence-corrected chi connectivity index (χ1v) is 10.9. The number of halogens is 4. The van der Waals surface area contributed by atoms with Crippen LogP contribution in [0.15, 0.2) is 54.6 Å². The van der Waals surface area contributed by atoms with Crippen molar-refractivity contribution in [3.8, 4) is 11.5 Å². The molecular weight excluding hydrogens is 482 g/mol. The maximum atomic E-state index is 13.0. The summed E-state index contributed by atoms with van der Waals surface area (Å²) in [6.07, 6.45) is 0. The molecule has 3 aromatic carbocycles. The van der Waals surface area contributed by atoms with E-state index in [4.69, 9.17) is 46.4 Å². The van der Waals surface area contributed by atoms with Gasteiger partial charge in [0.05, 0.1) is 10.0 Å². The van der Waals surface area contributed by atoms with Crippen LogP contribution in [-0.4, -0.2) is 23.2 Å². The number of aromatic hydroxyl groups is 2. The second-order valence-corrected chi connectivity index (χ2v) is 9.23. The predicted octanol–water partition coefficient (Wildman–Crippen LogP) is 5.89. The fraction of sp³-hybridized carbons (Fsp3) is 0.0526. The van der Waals surface area contributed by atoms with Crippen LogP contribution in [-0.2, 0) is 14.9 Å². The van der Waals surface area contributed by atoms with E-state index in [1.165, 1.54) is 36.4 Å². The Kier molecular flexibility index (Phi) is 5.98. The zero-order chi connectivity index (χ0) is 21.6. The third kappa shape index (κ3) is 3.54. The molecule has 0 fully saturated rings. The Hall–Kier alpha value is -1.67. The van der Waals surface area contributed by atoms with E-state index in [9.17, 15) is 23.2 Å². The minimum Gasteiger partial charge on any atom is -0.508 e. The van der Waals surface area contributed by atoms with Gasteiger partial charge >= 0.3 is 0 Å². The topological polar surface area (TPSA) is 94.8 Å². The Bertz CT molecular complexity index is 1210. The first-order chi connectivity index (χ1) is 13.5. The molecule has 0 saturated heterocycles. The van der Waals surface area contributed by atoms with Crippen LogP contribution in [0, 0.1) is 0 Å². The van der Waals surface area contributed by atoms with E-state index < -0.39 is 26.2 Å². The summed E-state index contributed by atoms with van der Waals surface area (Å²) < 4.78 is 33.9. The molecule has 10 heteroatoms. The molecule has 3 N–H and O–H groups in total. The van der Waals surface area contributed by atoms with E-state index in [0.29, 0.717) is 0 Å². The average molecular weight is 494 g/mol. The highest BCUT2D eigenvalue weighted by Crippen LogP contribution is 2.54. The highest BCUT2D eigenvalue weighted by atomic mass is 35.5. The molecule has 1 atom stereocenters. The van der Waals surface area contributed by atoms with Crippen LogP contribution in [0.3, 0.4) is 0 Å². The lowest BCUT2D eigenvalue weighted by molar-refractivity contribution is 0.439. The molecule has 152 valence electrons. The summed E-state index contributed by atoms with van der Waals surface area (Å²) in [4.78, 5) is 0. The minimum absolute atomic E-state index is 0.0463. The van der Waals surface area contributed by atoms with Crippen LogP contribution in [0.1, 0.15) is 16.7 Å². The first kappa shape index (κ1) is 22.0. The molecular formula is C19H12Cl4O5S. The van der Waals surface area contributed by atoms with E-state index in [2.05, 4.69) is 0 Å². The molecule has 5 nitrogen and oxygen atoms in total. The largest absolute Gasteiger partial charge is 0.508 e. The van der Waals surface area contributed by atoms with Crippen molar-refractivity contribution >= 4 is 56.5 Å². The van der Waals surface area contributed by atoms with Gasteiger partial charge in [-0.2, -0.15) is 8.42 Å². The monoisotopic (exact) mass is 492 g/mol. The van der Waals surface area contributed by atoms with Crippen molar-refractivity contribution in [3.63, 3.8) is 0 Å². The second kappa shape index (κ2) is 7.87. The summed E-state index contributed by atoms with van der Waals surface area (Å²) in [7, 11) is -5.14. The van der Waals surface area contributed by atoms with Crippen molar-refractivity contribution < 1.29 is 23.2 Å². The third-order valence-corrected chi connectivity index (χ3v) is 7.23. The van der Waals surface area contributed by atoms with Gasteiger partial charge < -0.3 is 10.2 Å². The van der Waals surface area contributed by atoms with Crippen LogP contribution in [0.5, 0.6) is 11.5 Å². The predicted molar refractivity (Wildman–Crippen MR) is 114 cm³/mol. The lowest BCUT2D eigenvalue weighted by atomic mass is 9.83. The summed E-state index contributed by atoms with van der Waals surface area (Å²) >= 11 is 24.6. The van der Waals surface area contributed by atoms with Crippen molar-refractivity contribution in [1.29, 1.82) is 0 Å². The molecule has 0 aliphatic carbocycles. The molecule has 0 aliphatic heterocycles. The van der Waals surface area contributed by atoms with Gasteiger partial charge in [0.25, 0.3) is 10.1 Å². The smallest absolute Gasteiger partial charge is 0.283 e.